The van der Waals surface area contributed by atoms with Crippen molar-refractivity contribution in [2.45, 2.75) is 13.0 Å². The van der Waals surface area contributed by atoms with Gasteiger partial charge in [-0.15, -0.1) is 0 Å². The van der Waals surface area contributed by atoms with Crippen LogP contribution in [0.4, 0.5) is 8.78 Å². The van der Waals surface area contributed by atoms with Gasteiger partial charge in [-0.3, -0.25) is 5.84 Å². The summed E-state index contributed by atoms with van der Waals surface area (Å²) >= 11 is 3.42. The van der Waals surface area contributed by atoms with Gasteiger partial charge >= 0.3 is 0 Å². The van der Waals surface area contributed by atoms with Crippen LogP contribution in [-0.4, -0.2) is 0 Å². The molecule has 0 amide bonds. The monoisotopic (exact) mass is 326 g/mol. The number of benzene rings is 2. The van der Waals surface area contributed by atoms with Crippen LogP contribution < -0.4 is 11.3 Å². The smallest absolute Gasteiger partial charge is 0.131 e. The molecule has 2 aromatic rings. The second-order valence-electron chi connectivity index (χ2n) is 4.29. The maximum Gasteiger partial charge on any atom is 0.131 e. The second-order valence-corrected chi connectivity index (χ2v) is 5.14. The fraction of sp³-hybridized carbons (Fsp3) is 0.143. The molecule has 0 saturated heterocycles. The zero-order valence-corrected chi connectivity index (χ0v) is 11.8. The summed E-state index contributed by atoms with van der Waals surface area (Å²) in [4.78, 5) is 0. The maximum absolute atomic E-state index is 13.9. The predicted molar refractivity (Wildman–Crippen MR) is 74.4 cm³/mol. The average Bonchev–Trinajstić information content (AvgIpc) is 2.36. The van der Waals surface area contributed by atoms with E-state index in [2.05, 4.69) is 21.4 Å². The lowest BCUT2D eigenvalue weighted by Crippen LogP contribution is -2.30. The highest BCUT2D eigenvalue weighted by molar-refractivity contribution is 9.10. The third kappa shape index (κ3) is 3.00. The van der Waals surface area contributed by atoms with Crippen LogP contribution in [0.5, 0.6) is 0 Å². The minimum Gasteiger partial charge on any atom is -0.271 e. The van der Waals surface area contributed by atoms with Crippen LogP contribution in [0.3, 0.4) is 0 Å². The fourth-order valence-electron chi connectivity index (χ4n) is 1.97. The van der Waals surface area contributed by atoms with Crippen molar-refractivity contribution in [1.82, 2.24) is 5.43 Å². The quantitative estimate of drug-likeness (QED) is 0.668. The van der Waals surface area contributed by atoms with Gasteiger partial charge in [-0.25, -0.2) is 14.2 Å². The summed E-state index contributed by atoms with van der Waals surface area (Å²) < 4.78 is 27.6. The topological polar surface area (TPSA) is 38.0 Å². The van der Waals surface area contributed by atoms with E-state index in [1.54, 1.807) is 0 Å². The Labute approximate surface area is 118 Å². The summed E-state index contributed by atoms with van der Waals surface area (Å²) in [6.45, 7) is 1.94. The van der Waals surface area contributed by atoms with Gasteiger partial charge in [0.2, 0.25) is 0 Å². The lowest BCUT2D eigenvalue weighted by Gasteiger charge is -2.19. The summed E-state index contributed by atoms with van der Waals surface area (Å²) in [5.41, 5.74) is 4.70. The summed E-state index contributed by atoms with van der Waals surface area (Å²) in [6, 6.07) is 8.62. The number of nitrogens with two attached hydrogens (primary N) is 1. The first kappa shape index (κ1) is 14.1. The molecule has 100 valence electrons. The molecule has 0 fully saturated rings. The Morgan fingerprint density at radius 3 is 2.47 bits per heavy atom. The fourth-order valence-corrected chi connectivity index (χ4v) is 2.44. The van der Waals surface area contributed by atoms with Crippen LogP contribution in [0, 0.1) is 18.6 Å². The van der Waals surface area contributed by atoms with E-state index < -0.39 is 17.7 Å². The van der Waals surface area contributed by atoms with Crippen molar-refractivity contribution in [1.29, 1.82) is 0 Å². The molecule has 0 aliphatic carbocycles. The molecule has 3 N–H and O–H groups in total. The Kier molecular flexibility index (Phi) is 4.29. The zero-order chi connectivity index (χ0) is 14.0. The molecule has 0 aromatic heterocycles. The normalized spacial score (nSPS) is 12.5. The Balaban J connectivity index is 2.52. The van der Waals surface area contributed by atoms with E-state index in [0.717, 1.165) is 21.7 Å². The van der Waals surface area contributed by atoms with E-state index in [0.29, 0.717) is 5.56 Å². The first-order chi connectivity index (χ1) is 9.02. The van der Waals surface area contributed by atoms with Gasteiger partial charge in [0.15, 0.2) is 0 Å². The van der Waals surface area contributed by atoms with E-state index in [4.69, 9.17) is 5.84 Å². The van der Waals surface area contributed by atoms with Crippen LogP contribution in [0.15, 0.2) is 40.9 Å². The van der Waals surface area contributed by atoms with Gasteiger partial charge in [-0.1, -0.05) is 39.7 Å². The molecule has 1 atom stereocenters. The van der Waals surface area contributed by atoms with Crippen LogP contribution in [-0.2, 0) is 0 Å². The highest BCUT2D eigenvalue weighted by Gasteiger charge is 2.19. The number of nitrogens with one attached hydrogen (secondary N) is 1. The third-order valence-corrected chi connectivity index (χ3v) is 3.62. The number of aryl methyl sites for hydroxylation is 1. The lowest BCUT2D eigenvalue weighted by atomic mass is 9.97. The first-order valence-corrected chi connectivity index (χ1v) is 6.49. The van der Waals surface area contributed by atoms with Crippen molar-refractivity contribution >= 4 is 15.9 Å². The van der Waals surface area contributed by atoms with Crippen molar-refractivity contribution in [2.24, 2.45) is 5.84 Å². The number of halogens is 3. The van der Waals surface area contributed by atoms with E-state index in [-0.39, 0.29) is 0 Å². The predicted octanol–water partition coefficient (Wildman–Crippen LogP) is 3.59. The molecule has 2 nitrogen and oxygen atoms in total. The largest absolute Gasteiger partial charge is 0.271 e. The summed E-state index contributed by atoms with van der Waals surface area (Å²) in [7, 11) is 0. The van der Waals surface area contributed by atoms with Crippen LogP contribution in [0.1, 0.15) is 22.7 Å². The molecule has 0 radical (unpaired) electrons. The lowest BCUT2D eigenvalue weighted by molar-refractivity contribution is 0.541. The molecule has 0 saturated carbocycles. The van der Waals surface area contributed by atoms with Gasteiger partial charge in [-0.2, -0.15) is 0 Å². The Bertz CT molecular complexity index is 602. The van der Waals surface area contributed by atoms with E-state index >= 15 is 0 Å². The minimum absolute atomic E-state index is 0.301. The van der Waals surface area contributed by atoms with Crippen molar-refractivity contribution in [2.75, 3.05) is 0 Å². The highest BCUT2D eigenvalue weighted by atomic mass is 79.9. The molecular weight excluding hydrogens is 314 g/mol. The van der Waals surface area contributed by atoms with Gasteiger partial charge in [0.1, 0.15) is 11.6 Å². The van der Waals surface area contributed by atoms with Gasteiger partial charge < -0.3 is 0 Å². The molecule has 5 heteroatoms. The van der Waals surface area contributed by atoms with Crippen LogP contribution >= 0.6 is 15.9 Å². The molecule has 0 bridgehead atoms. The summed E-state index contributed by atoms with van der Waals surface area (Å²) in [5.74, 6) is 4.29. The zero-order valence-electron chi connectivity index (χ0n) is 10.3. The molecule has 0 aliphatic heterocycles. The van der Waals surface area contributed by atoms with Crippen molar-refractivity contribution in [3.63, 3.8) is 0 Å². The van der Waals surface area contributed by atoms with Crippen molar-refractivity contribution in [3.8, 4) is 0 Å². The molecular formula is C14H13BrF2N2. The highest BCUT2D eigenvalue weighted by Crippen LogP contribution is 2.30. The van der Waals surface area contributed by atoms with Gasteiger partial charge in [0.25, 0.3) is 0 Å². The standard InChI is InChI=1S/C14H13BrF2N2/c1-8-2-5-12(15)11(6-8)14(19-18)10-4-3-9(16)7-13(10)17/h2-7,14,19H,18H2,1H3. The molecule has 19 heavy (non-hydrogen) atoms. The summed E-state index contributed by atoms with van der Waals surface area (Å²) in [6.07, 6.45) is 0. The molecule has 2 aromatic carbocycles. The Hall–Kier alpha value is -1.30. The van der Waals surface area contributed by atoms with Crippen molar-refractivity contribution in [3.05, 3.63) is 69.2 Å². The molecule has 0 heterocycles. The average molecular weight is 327 g/mol. The molecule has 1 unspecified atom stereocenters. The minimum atomic E-state index is -0.628. The van der Waals surface area contributed by atoms with Gasteiger partial charge in [0, 0.05) is 16.1 Å². The number of hydrogen-bond donors (Lipinski definition) is 2. The third-order valence-electron chi connectivity index (χ3n) is 2.90. The second kappa shape index (κ2) is 5.77. The maximum atomic E-state index is 13.9. The Morgan fingerprint density at radius 2 is 1.84 bits per heavy atom. The first-order valence-electron chi connectivity index (χ1n) is 5.70. The molecule has 2 rings (SSSR count). The van der Waals surface area contributed by atoms with E-state index in [1.807, 2.05) is 25.1 Å². The van der Waals surface area contributed by atoms with E-state index in [1.165, 1.54) is 12.1 Å². The van der Waals surface area contributed by atoms with Gasteiger partial charge in [-0.05, 0) is 24.6 Å². The van der Waals surface area contributed by atoms with Crippen LogP contribution in [0.25, 0.3) is 0 Å². The summed E-state index contributed by atoms with van der Waals surface area (Å²) in [5, 5.41) is 0. The van der Waals surface area contributed by atoms with Gasteiger partial charge in [0.05, 0.1) is 6.04 Å². The Morgan fingerprint density at radius 1 is 1.11 bits per heavy atom. The number of rotatable bonds is 3. The van der Waals surface area contributed by atoms with Crippen molar-refractivity contribution < 1.29 is 8.78 Å². The number of hydrazine groups is 1. The number of hydrogen-bond acceptors (Lipinski definition) is 2. The molecule has 0 aliphatic rings. The van der Waals surface area contributed by atoms with Crippen LogP contribution in [0.2, 0.25) is 0 Å². The van der Waals surface area contributed by atoms with E-state index in [9.17, 15) is 8.78 Å². The molecule has 0 spiro atoms. The SMILES string of the molecule is Cc1ccc(Br)c(C(NN)c2ccc(F)cc2F)c1.